The number of nitrogens with zero attached hydrogens (tertiary/aromatic N) is 1. The van der Waals surface area contributed by atoms with Gasteiger partial charge >= 0.3 is 0 Å². The fraction of sp³-hybridized carbons (Fsp3) is 0.300. The van der Waals surface area contributed by atoms with Crippen LogP contribution in [0.3, 0.4) is 0 Å². The first-order chi connectivity index (χ1) is 13.0. The lowest BCUT2D eigenvalue weighted by atomic mass is 10.1. The molecule has 2 amide bonds. The van der Waals surface area contributed by atoms with Crippen molar-refractivity contribution >= 4 is 11.8 Å². The number of morpholine rings is 1. The zero-order valence-corrected chi connectivity index (χ0v) is 14.7. The normalized spacial score (nSPS) is 16.8. The molecule has 0 radical (unpaired) electrons. The maximum atomic E-state index is 13.6. The third-order valence-electron chi connectivity index (χ3n) is 4.39. The van der Waals surface area contributed by atoms with Crippen molar-refractivity contribution in [3.63, 3.8) is 0 Å². The first-order valence-corrected chi connectivity index (χ1v) is 8.72. The lowest BCUT2D eigenvalue weighted by molar-refractivity contribution is -0.138. The minimum atomic E-state index is -0.933. The summed E-state index contributed by atoms with van der Waals surface area (Å²) in [6, 6.07) is 12.4. The minimum absolute atomic E-state index is 0.0713. The molecule has 1 aliphatic heterocycles. The van der Waals surface area contributed by atoms with Crippen LogP contribution in [0.4, 0.5) is 8.78 Å². The van der Waals surface area contributed by atoms with E-state index in [1.165, 1.54) is 0 Å². The molecule has 1 saturated heterocycles. The summed E-state index contributed by atoms with van der Waals surface area (Å²) < 4.78 is 32.2. The van der Waals surface area contributed by atoms with Crippen LogP contribution in [0.2, 0.25) is 0 Å². The molecule has 0 spiro atoms. The SMILES string of the molecule is O=C(NCCC(=O)N1CCOC(c2ccccc2)C1)c1ccc(F)cc1F. The van der Waals surface area contributed by atoms with Crippen LogP contribution in [0.1, 0.15) is 28.4 Å². The highest BCUT2D eigenvalue weighted by Crippen LogP contribution is 2.22. The maximum absolute atomic E-state index is 13.6. The molecular weight excluding hydrogens is 354 g/mol. The Morgan fingerprint density at radius 2 is 1.93 bits per heavy atom. The van der Waals surface area contributed by atoms with E-state index in [1.807, 2.05) is 30.3 Å². The molecule has 1 fully saturated rings. The van der Waals surface area contributed by atoms with Gasteiger partial charge in [-0.3, -0.25) is 9.59 Å². The molecule has 0 saturated carbocycles. The molecule has 2 aromatic rings. The molecule has 27 heavy (non-hydrogen) atoms. The van der Waals surface area contributed by atoms with Crippen LogP contribution in [0.5, 0.6) is 0 Å². The molecule has 2 aromatic carbocycles. The van der Waals surface area contributed by atoms with Crippen molar-refractivity contribution in [3.8, 4) is 0 Å². The smallest absolute Gasteiger partial charge is 0.254 e. The molecule has 0 bridgehead atoms. The van der Waals surface area contributed by atoms with E-state index in [-0.39, 0.29) is 30.5 Å². The van der Waals surface area contributed by atoms with Gasteiger partial charge in [0.2, 0.25) is 5.91 Å². The number of nitrogens with one attached hydrogen (secondary N) is 1. The van der Waals surface area contributed by atoms with Crippen molar-refractivity contribution < 1.29 is 23.1 Å². The van der Waals surface area contributed by atoms with Crippen LogP contribution in [0.25, 0.3) is 0 Å². The highest BCUT2D eigenvalue weighted by molar-refractivity contribution is 5.94. The standard InChI is InChI=1S/C20H20F2N2O3/c21-15-6-7-16(17(22)12-15)20(26)23-9-8-19(25)24-10-11-27-18(13-24)14-4-2-1-3-5-14/h1-7,12,18H,8-11,13H2,(H,23,26). The molecule has 1 aliphatic rings. The average Bonchev–Trinajstić information content (AvgIpc) is 2.68. The number of rotatable bonds is 5. The third kappa shape index (κ3) is 4.89. The molecule has 5 nitrogen and oxygen atoms in total. The van der Waals surface area contributed by atoms with E-state index in [1.54, 1.807) is 4.90 Å². The van der Waals surface area contributed by atoms with E-state index in [2.05, 4.69) is 5.32 Å². The fourth-order valence-electron chi connectivity index (χ4n) is 2.96. The molecule has 0 aliphatic carbocycles. The predicted molar refractivity (Wildman–Crippen MR) is 95.0 cm³/mol. The lowest BCUT2D eigenvalue weighted by Gasteiger charge is -2.33. The van der Waals surface area contributed by atoms with E-state index in [0.29, 0.717) is 25.8 Å². The van der Waals surface area contributed by atoms with E-state index in [0.717, 1.165) is 17.7 Å². The number of benzene rings is 2. The molecule has 1 heterocycles. The van der Waals surface area contributed by atoms with Gasteiger partial charge < -0.3 is 15.0 Å². The maximum Gasteiger partial charge on any atom is 0.254 e. The first-order valence-electron chi connectivity index (χ1n) is 8.72. The quantitative estimate of drug-likeness (QED) is 0.876. The summed E-state index contributed by atoms with van der Waals surface area (Å²) >= 11 is 0. The van der Waals surface area contributed by atoms with Crippen molar-refractivity contribution in [2.75, 3.05) is 26.2 Å². The van der Waals surface area contributed by atoms with E-state index in [4.69, 9.17) is 4.74 Å². The Bertz CT molecular complexity index is 814. The van der Waals surface area contributed by atoms with Crippen molar-refractivity contribution in [2.45, 2.75) is 12.5 Å². The monoisotopic (exact) mass is 374 g/mol. The van der Waals surface area contributed by atoms with Crippen molar-refractivity contribution in [3.05, 3.63) is 71.3 Å². The molecule has 1 unspecified atom stereocenters. The zero-order chi connectivity index (χ0) is 19.2. The van der Waals surface area contributed by atoms with Gasteiger partial charge in [-0.1, -0.05) is 30.3 Å². The average molecular weight is 374 g/mol. The Morgan fingerprint density at radius 1 is 1.15 bits per heavy atom. The van der Waals surface area contributed by atoms with Gasteiger partial charge in [0.15, 0.2) is 0 Å². The highest BCUT2D eigenvalue weighted by Gasteiger charge is 2.25. The second-order valence-corrected chi connectivity index (χ2v) is 6.24. The van der Waals surface area contributed by atoms with Gasteiger partial charge in [-0.2, -0.15) is 0 Å². The van der Waals surface area contributed by atoms with Crippen LogP contribution in [0, 0.1) is 11.6 Å². The van der Waals surface area contributed by atoms with Crippen molar-refractivity contribution in [1.82, 2.24) is 10.2 Å². The van der Waals surface area contributed by atoms with Crippen LogP contribution in [0.15, 0.2) is 48.5 Å². The van der Waals surface area contributed by atoms with Gasteiger partial charge in [-0.05, 0) is 17.7 Å². The van der Waals surface area contributed by atoms with Gasteiger partial charge in [0.1, 0.15) is 17.7 Å². The molecule has 1 atom stereocenters. The van der Waals surface area contributed by atoms with Crippen LogP contribution in [-0.4, -0.2) is 43.0 Å². The summed E-state index contributed by atoms with van der Waals surface area (Å²) in [4.78, 5) is 26.1. The lowest BCUT2D eigenvalue weighted by Crippen LogP contribution is -2.43. The van der Waals surface area contributed by atoms with Crippen LogP contribution < -0.4 is 5.32 Å². The topological polar surface area (TPSA) is 58.6 Å². The summed E-state index contributed by atoms with van der Waals surface area (Å²) in [5, 5.41) is 2.49. The number of amides is 2. The largest absolute Gasteiger partial charge is 0.370 e. The van der Waals surface area contributed by atoms with E-state index < -0.39 is 17.5 Å². The summed E-state index contributed by atoms with van der Waals surface area (Å²) in [5.41, 5.74) is 0.759. The molecule has 3 rings (SSSR count). The molecule has 1 N–H and O–H groups in total. The molecule has 0 aromatic heterocycles. The van der Waals surface area contributed by atoms with Crippen molar-refractivity contribution in [2.24, 2.45) is 0 Å². The Labute approximate surface area is 155 Å². The van der Waals surface area contributed by atoms with Crippen LogP contribution in [-0.2, 0) is 9.53 Å². The highest BCUT2D eigenvalue weighted by atomic mass is 19.1. The number of carbonyl (C=O) groups is 2. The Kier molecular flexibility index (Phi) is 6.13. The fourth-order valence-corrected chi connectivity index (χ4v) is 2.96. The Morgan fingerprint density at radius 3 is 2.67 bits per heavy atom. The Balaban J connectivity index is 1.49. The van der Waals surface area contributed by atoms with E-state index in [9.17, 15) is 18.4 Å². The number of hydrogen-bond donors (Lipinski definition) is 1. The van der Waals surface area contributed by atoms with Gasteiger partial charge in [-0.15, -0.1) is 0 Å². The third-order valence-corrected chi connectivity index (χ3v) is 4.39. The van der Waals surface area contributed by atoms with Gasteiger partial charge in [0.05, 0.1) is 18.7 Å². The second-order valence-electron chi connectivity index (χ2n) is 6.24. The summed E-state index contributed by atoms with van der Waals surface area (Å²) in [6.07, 6.45) is -0.0809. The predicted octanol–water partition coefficient (Wildman–Crippen LogP) is 2.68. The zero-order valence-electron chi connectivity index (χ0n) is 14.7. The number of hydrogen-bond acceptors (Lipinski definition) is 3. The van der Waals surface area contributed by atoms with E-state index >= 15 is 0 Å². The van der Waals surface area contributed by atoms with Crippen LogP contribution >= 0.6 is 0 Å². The van der Waals surface area contributed by atoms with Gasteiger partial charge in [0.25, 0.3) is 5.91 Å². The van der Waals surface area contributed by atoms with Gasteiger partial charge in [0, 0.05) is 25.6 Å². The van der Waals surface area contributed by atoms with Crippen molar-refractivity contribution in [1.29, 1.82) is 0 Å². The first kappa shape index (κ1) is 19.0. The molecular formula is C20H20F2N2O3. The minimum Gasteiger partial charge on any atom is -0.370 e. The second kappa shape index (κ2) is 8.73. The number of ether oxygens (including phenoxy) is 1. The summed E-state index contributed by atoms with van der Waals surface area (Å²) in [5.74, 6) is -2.47. The Hall–Kier alpha value is -2.80. The number of carbonyl (C=O) groups excluding carboxylic acids is 2. The summed E-state index contributed by atoms with van der Waals surface area (Å²) in [7, 11) is 0. The summed E-state index contributed by atoms with van der Waals surface area (Å²) in [6.45, 7) is 1.45. The molecule has 7 heteroatoms. The van der Waals surface area contributed by atoms with Gasteiger partial charge in [-0.25, -0.2) is 8.78 Å². The number of halogens is 2. The molecule has 142 valence electrons.